The van der Waals surface area contributed by atoms with E-state index in [-0.39, 0.29) is 31.0 Å². The Morgan fingerprint density at radius 1 is 1.02 bits per heavy atom. The zero-order chi connectivity index (χ0) is 41.2. The highest BCUT2D eigenvalue weighted by molar-refractivity contribution is 5.83. The molecule has 8 rings (SSSR count). The number of hydrogen-bond acceptors (Lipinski definition) is 11. The van der Waals surface area contributed by atoms with Crippen molar-refractivity contribution in [1.82, 2.24) is 20.6 Å². The maximum Gasteiger partial charge on any atom is 0.240 e. The molecule has 2 saturated heterocycles. The van der Waals surface area contributed by atoms with Gasteiger partial charge in [0.05, 0.1) is 38.5 Å². The molecule has 5 aliphatic rings. The van der Waals surface area contributed by atoms with Crippen LogP contribution in [0.2, 0.25) is 0 Å². The van der Waals surface area contributed by atoms with Gasteiger partial charge in [-0.2, -0.15) is 5.06 Å². The van der Waals surface area contributed by atoms with Gasteiger partial charge < -0.3 is 40.3 Å². The summed E-state index contributed by atoms with van der Waals surface area (Å²) in [5, 5.41) is 53.1. The molecular formula is C46H63N5O7. The van der Waals surface area contributed by atoms with Gasteiger partial charge in [-0.25, -0.2) is 0 Å². The minimum atomic E-state index is -1.10. The molecule has 1 unspecified atom stereocenters. The molecule has 2 heterocycles. The Hall–Kier alpha value is -3.85. The largest absolute Gasteiger partial charge is 0.496 e. The average molecular weight is 798 g/mol. The van der Waals surface area contributed by atoms with Crippen molar-refractivity contribution in [3.63, 3.8) is 0 Å². The number of fused-ring (bicyclic) bond motifs is 2. The van der Waals surface area contributed by atoms with E-state index in [4.69, 9.17) is 9.57 Å². The Kier molecular flexibility index (Phi) is 13.3. The van der Waals surface area contributed by atoms with Crippen molar-refractivity contribution in [2.24, 2.45) is 23.7 Å². The summed E-state index contributed by atoms with van der Waals surface area (Å²) in [5.74, 6) is 0.769. The average Bonchev–Trinajstić information content (AvgIpc) is 3.88. The van der Waals surface area contributed by atoms with Crippen LogP contribution in [0.4, 0.5) is 5.69 Å². The van der Waals surface area contributed by atoms with Gasteiger partial charge in [-0.05, 0) is 98.3 Å². The van der Waals surface area contributed by atoms with Crippen LogP contribution in [0.3, 0.4) is 0 Å². The topological polar surface area (TPSA) is 150 Å². The lowest BCUT2D eigenvalue weighted by Gasteiger charge is -2.52. The maximum absolute atomic E-state index is 14.2. The molecule has 3 aromatic rings. The van der Waals surface area contributed by atoms with Crippen LogP contribution in [0.25, 0.3) is 11.1 Å². The van der Waals surface area contributed by atoms with Gasteiger partial charge >= 0.3 is 0 Å². The van der Waals surface area contributed by atoms with Gasteiger partial charge in [0.25, 0.3) is 0 Å². The maximum atomic E-state index is 14.2. The number of aliphatic hydroxyl groups is 4. The first-order valence-corrected chi connectivity index (χ1v) is 21.0. The number of hydroxylamine groups is 2. The number of anilines is 1. The van der Waals surface area contributed by atoms with Gasteiger partial charge in [-0.15, -0.1) is 0 Å². The molecule has 6 N–H and O–H groups in total. The van der Waals surface area contributed by atoms with Gasteiger partial charge in [-0.3, -0.25) is 14.9 Å². The SMILES string of the molecule is C=C1[C@H]2C[C@H](NC(=O)[C@@H]3[C@H]([C@H](C)O)[C@H](CO)ON3Cc3cccc(-c4cc(C(O)N[C@H](CN5CCCC5)[C@H](O)c5ccccc5)cc(N(C)C)c4)c3OC)[C@@H](C)[C@@H]1C2. The smallest absolute Gasteiger partial charge is 0.240 e. The number of aliphatic hydroxyl groups excluding tert-OH is 4. The van der Waals surface area contributed by atoms with Crippen molar-refractivity contribution in [1.29, 1.82) is 0 Å². The van der Waals surface area contributed by atoms with E-state index in [0.29, 0.717) is 29.7 Å². The zero-order valence-electron chi connectivity index (χ0n) is 34.6. The number of nitrogens with one attached hydrogen (secondary N) is 2. The molecule has 2 aliphatic heterocycles. The van der Waals surface area contributed by atoms with Crippen LogP contribution in [-0.2, 0) is 16.2 Å². The van der Waals surface area contributed by atoms with Gasteiger partial charge in [0, 0.05) is 49.4 Å². The van der Waals surface area contributed by atoms with Crippen molar-refractivity contribution in [2.45, 2.75) is 88.7 Å². The van der Waals surface area contributed by atoms with E-state index in [1.165, 1.54) is 5.57 Å². The second-order valence-corrected chi connectivity index (χ2v) is 17.2. The number of rotatable bonds is 16. The third-order valence-electron chi connectivity index (χ3n) is 13.3. The van der Waals surface area contributed by atoms with Gasteiger partial charge in [-0.1, -0.05) is 67.6 Å². The summed E-state index contributed by atoms with van der Waals surface area (Å²) in [5.41, 5.74) is 5.89. The fraction of sp³-hybridized carbons (Fsp3) is 0.543. The minimum absolute atomic E-state index is 0.00982. The number of amides is 1. The van der Waals surface area contributed by atoms with E-state index in [0.717, 1.165) is 66.7 Å². The predicted molar refractivity (Wildman–Crippen MR) is 225 cm³/mol. The summed E-state index contributed by atoms with van der Waals surface area (Å²) in [6.07, 6.45) is 0.574. The Morgan fingerprint density at radius 3 is 2.40 bits per heavy atom. The fourth-order valence-corrected chi connectivity index (χ4v) is 9.91. The van der Waals surface area contributed by atoms with E-state index in [1.807, 2.05) is 85.7 Å². The van der Waals surface area contributed by atoms with Crippen LogP contribution in [0.1, 0.15) is 68.6 Å². The van der Waals surface area contributed by atoms with Crippen molar-refractivity contribution in [3.05, 3.63) is 95.6 Å². The molecule has 3 aromatic carbocycles. The molecule has 5 fully saturated rings. The highest BCUT2D eigenvalue weighted by Crippen LogP contribution is 2.52. The number of benzene rings is 3. The molecule has 2 bridgehead atoms. The highest BCUT2D eigenvalue weighted by Gasteiger charge is 2.52. The van der Waals surface area contributed by atoms with E-state index < -0.39 is 42.5 Å². The van der Waals surface area contributed by atoms with Gasteiger partial charge in [0.1, 0.15) is 24.1 Å². The highest BCUT2D eigenvalue weighted by atomic mass is 16.7. The summed E-state index contributed by atoms with van der Waals surface area (Å²) in [6.45, 7) is 10.4. The van der Waals surface area contributed by atoms with Crippen molar-refractivity contribution in [2.75, 3.05) is 52.3 Å². The third-order valence-corrected chi connectivity index (χ3v) is 13.3. The Balaban J connectivity index is 1.17. The summed E-state index contributed by atoms with van der Waals surface area (Å²) in [6, 6.07) is 20.0. The van der Waals surface area contributed by atoms with Crippen LogP contribution in [0, 0.1) is 23.7 Å². The Labute approximate surface area is 343 Å². The lowest BCUT2D eigenvalue weighted by atomic mass is 9.56. The quantitative estimate of drug-likeness (QED) is 0.0906. The number of carbonyl (C=O) groups excluding carboxylic acids is 1. The first-order valence-electron chi connectivity index (χ1n) is 21.0. The summed E-state index contributed by atoms with van der Waals surface area (Å²) in [4.78, 5) is 24.8. The molecule has 1 amide bonds. The van der Waals surface area contributed by atoms with E-state index in [1.54, 1.807) is 19.1 Å². The number of allylic oxidation sites excluding steroid dienone is 1. The Morgan fingerprint density at radius 2 is 1.76 bits per heavy atom. The van der Waals surface area contributed by atoms with Crippen molar-refractivity contribution < 1.29 is 34.8 Å². The number of nitrogens with zero attached hydrogens (tertiary/aromatic N) is 3. The number of carbonyl (C=O) groups is 1. The molecule has 3 saturated carbocycles. The fourth-order valence-electron chi connectivity index (χ4n) is 9.91. The van der Waals surface area contributed by atoms with Crippen LogP contribution >= 0.6 is 0 Å². The lowest BCUT2D eigenvalue weighted by Crippen LogP contribution is -2.57. The molecule has 12 heteroatoms. The van der Waals surface area contributed by atoms with E-state index in [2.05, 4.69) is 29.0 Å². The number of ether oxygens (including phenoxy) is 1. The molecular weight excluding hydrogens is 735 g/mol. The number of para-hydroxylation sites is 1. The second kappa shape index (κ2) is 18.2. The van der Waals surface area contributed by atoms with Crippen LogP contribution in [0.5, 0.6) is 5.75 Å². The van der Waals surface area contributed by atoms with E-state index in [9.17, 15) is 25.2 Å². The van der Waals surface area contributed by atoms with Crippen molar-refractivity contribution in [3.8, 4) is 16.9 Å². The summed E-state index contributed by atoms with van der Waals surface area (Å²) < 4.78 is 6.13. The molecule has 3 aliphatic carbocycles. The van der Waals surface area contributed by atoms with Gasteiger partial charge in [0.2, 0.25) is 5.91 Å². The van der Waals surface area contributed by atoms with E-state index >= 15 is 0 Å². The number of methoxy groups -OCH3 is 1. The van der Waals surface area contributed by atoms with Crippen LogP contribution in [0.15, 0.2) is 78.9 Å². The molecule has 0 aromatic heterocycles. The van der Waals surface area contributed by atoms with Crippen molar-refractivity contribution >= 4 is 11.6 Å². The summed E-state index contributed by atoms with van der Waals surface area (Å²) in [7, 11) is 5.51. The molecule has 0 spiro atoms. The van der Waals surface area contributed by atoms with Gasteiger partial charge in [0.15, 0.2) is 0 Å². The molecule has 58 heavy (non-hydrogen) atoms. The van der Waals surface area contributed by atoms with Crippen LogP contribution in [-0.4, -0.2) is 114 Å². The number of hydrogen-bond donors (Lipinski definition) is 6. The zero-order valence-corrected chi connectivity index (χ0v) is 34.6. The normalized spacial score (nSPS) is 28.1. The second-order valence-electron chi connectivity index (χ2n) is 17.2. The molecule has 0 radical (unpaired) electrons. The summed E-state index contributed by atoms with van der Waals surface area (Å²) >= 11 is 0. The third kappa shape index (κ3) is 8.71. The monoisotopic (exact) mass is 797 g/mol. The Bertz CT molecular complexity index is 1890. The predicted octanol–water partition coefficient (Wildman–Crippen LogP) is 4.40. The molecule has 12 nitrogen and oxygen atoms in total. The first kappa shape index (κ1) is 42.3. The molecule has 314 valence electrons. The molecule has 11 atom stereocenters. The minimum Gasteiger partial charge on any atom is -0.496 e. The lowest BCUT2D eigenvalue weighted by molar-refractivity contribution is -0.182. The first-order chi connectivity index (χ1) is 27.9. The number of likely N-dealkylation sites (tertiary alicyclic amines) is 1. The van der Waals surface area contributed by atoms with Crippen LogP contribution < -0.4 is 20.3 Å². The standard InChI is InChI=1S/C46H63N5O7/c1-27-32-22-37(27)28(2)38(23-32)47-46(56)42-41(29(3)53)40(26-52)58-51(42)24-31-15-12-16-36(44(31)57-6)33-19-34(21-35(20-33)49(4)5)45(55)48-39(25-50-17-10-11-18-50)43(54)30-13-8-7-9-14-30/h7-9,12-16,19-21,28-29,32,37-43,45,48,52-55H,1,10-11,17-18,22-26H2,2-6H3,(H,47,56)/t28-,29-,32+,37+,38-,39+,40-,41+,42-,43+,45?/m0/s1.